The monoisotopic (exact) mass is 318 g/mol. The van der Waals surface area contributed by atoms with Gasteiger partial charge in [-0.05, 0) is 36.4 Å². The van der Waals surface area contributed by atoms with Crippen LogP contribution in [0.15, 0.2) is 46.2 Å². The highest BCUT2D eigenvalue weighted by Crippen LogP contribution is 2.35. The predicted molar refractivity (Wildman–Crippen MR) is 71.7 cm³/mol. The molecule has 0 aromatic heterocycles. The Bertz CT molecular complexity index is 684. The summed E-state index contributed by atoms with van der Waals surface area (Å²) in [6.07, 6.45) is 0. The molecule has 2 N–H and O–H groups in total. The van der Waals surface area contributed by atoms with E-state index in [0.717, 1.165) is 24.3 Å². The first-order valence-electron chi connectivity index (χ1n) is 5.04. The van der Waals surface area contributed by atoms with Gasteiger partial charge < -0.3 is 10.2 Å². The van der Waals surface area contributed by atoms with Crippen LogP contribution in [0.3, 0.4) is 0 Å². The maximum absolute atomic E-state index is 12.3. The number of phenolic OH excluding ortho intramolecular Hbond substituents is 2. The Kier molecular flexibility index (Phi) is 3.62. The lowest BCUT2D eigenvalue weighted by atomic mass is 10.3. The summed E-state index contributed by atoms with van der Waals surface area (Å²) < 4.78 is 24.7. The molecule has 0 spiro atoms. The largest absolute Gasteiger partial charge is 0.507 e. The van der Waals surface area contributed by atoms with Gasteiger partial charge in [0.2, 0.25) is 9.84 Å². The van der Waals surface area contributed by atoms with Gasteiger partial charge >= 0.3 is 0 Å². The van der Waals surface area contributed by atoms with Crippen LogP contribution in [0.1, 0.15) is 0 Å². The Morgan fingerprint density at radius 2 is 1.16 bits per heavy atom. The highest BCUT2D eigenvalue weighted by Gasteiger charge is 2.25. The first-order chi connectivity index (χ1) is 8.82. The van der Waals surface area contributed by atoms with Gasteiger partial charge in [0.15, 0.2) is 0 Å². The van der Waals surface area contributed by atoms with Crippen molar-refractivity contribution >= 4 is 33.0 Å². The van der Waals surface area contributed by atoms with E-state index < -0.39 is 31.1 Å². The van der Waals surface area contributed by atoms with Crippen LogP contribution in [0.4, 0.5) is 0 Å². The minimum atomic E-state index is -4.11. The first-order valence-corrected chi connectivity index (χ1v) is 7.28. The molecule has 2 rings (SSSR count). The van der Waals surface area contributed by atoms with Crippen molar-refractivity contribution in [2.45, 2.75) is 9.79 Å². The van der Waals surface area contributed by atoms with Crippen LogP contribution in [-0.4, -0.2) is 18.6 Å². The van der Waals surface area contributed by atoms with E-state index in [4.69, 9.17) is 23.2 Å². The molecule has 4 nitrogen and oxygen atoms in total. The predicted octanol–water partition coefficient (Wildman–Crippen LogP) is 3.24. The molecule has 0 heterocycles. The Hall–Kier alpha value is -1.43. The minimum absolute atomic E-state index is 0.151. The van der Waals surface area contributed by atoms with Crippen molar-refractivity contribution in [1.29, 1.82) is 0 Å². The first kappa shape index (κ1) is 14.0. The molecule has 0 fully saturated rings. The zero-order chi connectivity index (χ0) is 14.2. The summed E-state index contributed by atoms with van der Waals surface area (Å²) in [5.41, 5.74) is 0. The number of hydrogen-bond donors (Lipinski definition) is 2. The summed E-state index contributed by atoms with van der Waals surface area (Å²) in [5.74, 6) is -0.910. The zero-order valence-corrected chi connectivity index (χ0v) is 11.7. The van der Waals surface area contributed by atoms with Gasteiger partial charge in [0.25, 0.3) is 0 Å². The molecule has 2 aromatic carbocycles. The van der Waals surface area contributed by atoms with E-state index in [-0.39, 0.29) is 10.0 Å². The third kappa shape index (κ3) is 2.63. The van der Waals surface area contributed by atoms with Crippen LogP contribution < -0.4 is 0 Å². The molecule has 0 saturated heterocycles. The van der Waals surface area contributed by atoms with Gasteiger partial charge in [-0.1, -0.05) is 23.2 Å². The molecule has 0 aliphatic rings. The smallest absolute Gasteiger partial charge is 0.213 e. The molecule has 0 saturated carbocycles. The Labute approximate surface area is 119 Å². The lowest BCUT2D eigenvalue weighted by Crippen LogP contribution is -2.03. The van der Waals surface area contributed by atoms with Crippen LogP contribution in [0.5, 0.6) is 11.5 Å². The third-order valence-electron chi connectivity index (χ3n) is 2.42. The van der Waals surface area contributed by atoms with Crippen LogP contribution in [0, 0.1) is 0 Å². The fourth-order valence-corrected chi connectivity index (χ4v) is 3.49. The van der Waals surface area contributed by atoms with E-state index in [1.807, 2.05) is 0 Å². The van der Waals surface area contributed by atoms with E-state index in [9.17, 15) is 18.6 Å². The molecule has 100 valence electrons. The normalized spacial score (nSPS) is 11.5. The van der Waals surface area contributed by atoms with Gasteiger partial charge in [-0.25, -0.2) is 8.42 Å². The summed E-state index contributed by atoms with van der Waals surface area (Å²) >= 11 is 11.4. The topological polar surface area (TPSA) is 74.6 Å². The number of rotatable bonds is 2. The third-order valence-corrected chi connectivity index (χ3v) is 4.70. The summed E-state index contributed by atoms with van der Waals surface area (Å²) in [6.45, 7) is 0. The van der Waals surface area contributed by atoms with Crippen LogP contribution in [0.2, 0.25) is 10.0 Å². The second-order valence-corrected chi connectivity index (χ2v) is 6.49. The van der Waals surface area contributed by atoms with Gasteiger partial charge in [0.05, 0.1) is 0 Å². The molecule has 7 heteroatoms. The van der Waals surface area contributed by atoms with Crippen molar-refractivity contribution in [3.63, 3.8) is 0 Å². The van der Waals surface area contributed by atoms with E-state index in [0.29, 0.717) is 0 Å². The Balaban J connectivity index is 2.72. The van der Waals surface area contributed by atoms with Crippen molar-refractivity contribution in [2.75, 3.05) is 0 Å². The standard InChI is InChI=1S/C12H8Cl2O4S/c13-7-1-3-9(15)11(5-7)19(17,18)12-6-8(14)2-4-10(12)16/h1-6,15-16H. The number of phenols is 2. The molecular weight excluding hydrogens is 311 g/mol. The van der Waals surface area contributed by atoms with Gasteiger partial charge in [0, 0.05) is 10.0 Å². The average molecular weight is 319 g/mol. The van der Waals surface area contributed by atoms with Gasteiger partial charge in [-0.3, -0.25) is 0 Å². The van der Waals surface area contributed by atoms with Crippen LogP contribution in [-0.2, 0) is 9.84 Å². The molecule has 0 radical (unpaired) electrons. The molecular formula is C12H8Cl2O4S. The SMILES string of the molecule is O=S(=O)(c1cc(Cl)ccc1O)c1cc(Cl)ccc1O. The van der Waals surface area contributed by atoms with Crippen molar-refractivity contribution in [3.05, 3.63) is 46.4 Å². The molecule has 0 unspecified atom stereocenters. The fraction of sp³-hybridized carbons (Fsp3) is 0. The van der Waals surface area contributed by atoms with Crippen molar-refractivity contribution in [3.8, 4) is 11.5 Å². The van der Waals surface area contributed by atoms with E-state index in [1.54, 1.807) is 0 Å². The van der Waals surface area contributed by atoms with Crippen molar-refractivity contribution < 1.29 is 18.6 Å². The molecule has 0 aliphatic heterocycles. The number of halogens is 2. The summed E-state index contributed by atoms with van der Waals surface area (Å²) in [6, 6.07) is 7.24. The summed E-state index contributed by atoms with van der Waals surface area (Å²) in [5, 5.41) is 19.6. The summed E-state index contributed by atoms with van der Waals surface area (Å²) in [4.78, 5) is -0.782. The van der Waals surface area contributed by atoms with Crippen LogP contribution in [0.25, 0.3) is 0 Å². The average Bonchev–Trinajstić information content (AvgIpc) is 2.35. The lowest BCUT2D eigenvalue weighted by Gasteiger charge is -2.09. The van der Waals surface area contributed by atoms with Gasteiger partial charge in [0.1, 0.15) is 21.3 Å². The van der Waals surface area contributed by atoms with Crippen molar-refractivity contribution in [2.24, 2.45) is 0 Å². The Morgan fingerprint density at radius 1 is 0.789 bits per heavy atom. The second-order valence-electron chi connectivity index (χ2n) is 3.73. The van der Waals surface area contributed by atoms with Crippen LogP contribution >= 0.6 is 23.2 Å². The fourth-order valence-electron chi connectivity index (χ4n) is 1.52. The van der Waals surface area contributed by atoms with Gasteiger partial charge in [-0.2, -0.15) is 0 Å². The van der Waals surface area contributed by atoms with E-state index in [2.05, 4.69) is 0 Å². The minimum Gasteiger partial charge on any atom is -0.507 e. The molecule has 0 aliphatic carbocycles. The summed E-state index contributed by atoms with van der Waals surface area (Å²) in [7, 11) is -4.11. The lowest BCUT2D eigenvalue weighted by molar-refractivity contribution is 0.453. The number of hydrogen-bond acceptors (Lipinski definition) is 4. The molecule has 0 bridgehead atoms. The maximum Gasteiger partial charge on any atom is 0.213 e. The molecule has 19 heavy (non-hydrogen) atoms. The van der Waals surface area contributed by atoms with Crippen molar-refractivity contribution in [1.82, 2.24) is 0 Å². The zero-order valence-electron chi connectivity index (χ0n) is 9.34. The quantitative estimate of drug-likeness (QED) is 0.891. The van der Waals surface area contributed by atoms with Gasteiger partial charge in [-0.15, -0.1) is 0 Å². The Morgan fingerprint density at radius 3 is 1.53 bits per heavy atom. The second kappa shape index (κ2) is 4.92. The maximum atomic E-state index is 12.3. The number of aromatic hydroxyl groups is 2. The number of sulfone groups is 1. The molecule has 0 amide bonds. The number of benzene rings is 2. The highest BCUT2D eigenvalue weighted by atomic mass is 35.5. The highest BCUT2D eigenvalue weighted by molar-refractivity contribution is 7.91. The van der Waals surface area contributed by atoms with E-state index in [1.165, 1.54) is 12.1 Å². The molecule has 2 aromatic rings. The molecule has 0 atom stereocenters. The van der Waals surface area contributed by atoms with E-state index >= 15 is 0 Å².